The molecule has 3 rings (SSSR count). The second kappa shape index (κ2) is 5.52. The summed E-state index contributed by atoms with van der Waals surface area (Å²) in [4.78, 5) is 5.03. The van der Waals surface area contributed by atoms with Crippen LogP contribution in [0.1, 0.15) is 23.6 Å². The van der Waals surface area contributed by atoms with Crippen LogP contribution in [0, 0.1) is 0 Å². The van der Waals surface area contributed by atoms with Crippen LogP contribution in [0.3, 0.4) is 0 Å². The van der Waals surface area contributed by atoms with Gasteiger partial charge in [0.1, 0.15) is 0 Å². The van der Waals surface area contributed by atoms with Crippen LogP contribution in [0.15, 0.2) is 22.7 Å². The molecule has 1 aromatic rings. The minimum absolute atomic E-state index is 0.494. The van der Waals surface area contributed by atoms with Gasteiger partial charge < -0.3 is 10.6 Å². The molecule has 104 valence electrons. The maximum atomic E-state index is 6.00. The lowest BCUT2D eigenvalue weighted by atomic mass is 10.0. The van der Waals surface area contributed by atoms with Gasteiger partial charge in [0.05, 0.1) is 0 Å². The van der Waals surface area contributed by atoms with Crippen molar-refractivity contribution in [2.45, 2.75) is 24.9 Å². The van der Waals surface area contributed by atoms with E-state index < -0.39 is 0 Å². The normalized spacial score (nSPS) is 28.6. The van der Waals surface area contributed by atoms with E-state index in [4.69, 9.17) is 5.73 Å². The van der Waals surface area contributed by atoms with Crippen LogP contribution in [0.2, 0.25) is 0 Å². The minimum Gasteiger partial charge on any atom is -0.329 e. The molecular formula is C15H22BrN3. The lowest BCUT2D eigenvalue weighted by molar-refractivity contribution is 0.0560. The van der Waals surface area contributed by atoms with Crippen molar-refractivity contribution in [1.82, 2.24) is 9.80 Å². The summed E-state index contributed by atoms with van der Waals surface area (Å²) in [5.74, 6) is 0. The van der Waals surface area contributed by atoms with Crippen molar-refractivity contribution in [1.29, 1.82) is 0 Å². The van der Waals surface area contributed by atoms with Crippen molar-refractivity contribution in [2.24, 2.45) is 5.73 Å². The Labute approximate surface area is 123 Å². The smallest absolute Gasteiger partial charge is 0.0358 e. The molecule has 1 aliphatic carbocycles. The first-order valence-corrected chi connectivity index (χ1v) is 7.91. The third kappa shape index (κ3) is 2.47. The van der Waals surface area contributed by atoms with Crippen LogP contribution in [0.5, 0.6) is 0 Å². The number of halogens is 1. The lowest BCUT2D eigenvalue weighted by Gasteiger charge is -2.43. The highest BCUT2D eigenvalue weighted by molar-refractivity contribution is 9.10. The summed E-state index contributed by atoms with van der Waals surface area (Å²) in [6, 6.07) is 7.67. The number of hydrogen-bond acceptors (Lipinski definition) is 3. The number of rotatable bonds is 2. The minimum atomic E-state index is 0.494. The molecule has 0 aromatic heterocycles. The predicted octanol–water partition coefficient (Wildman–Crippen LogP) is 2.01. The molecule has 4 heteroatoms. The van der Waals surface area contributed by atoms with Crippen LogP contribution >= 0.6 is 15.9 Å². The van der Waals surface area contributed by atoms with E-state index in [0.29, 0.717) is 12.1 Å². The monoisotopic (exact) mass is 323 g/mol. The average molecular weight is 324 g/mol. The summed E-state index contributed by atoms with van der Waals surface area (Å²) in [6.45, 7) is 4.13. The molecule has 1 aliphatic heterocycles. The Bertz CT molecular complexity index is 463. The first-order valence-electron chi connectivity index (χ1n) is 7.12. The van der Waals surface area contributed by atoms with E-state index in [1.807, 2.05) is 0 Å². The molecule has 0 amide bonds. The van der Waals surface area contributed by atoms with Crippen LogP contribution < -0.4 is 5.73 Å². The molecule has 0 saturated carbocycles. The zero-order valence-corrected chi connectivity index (χ0v) is 13.1. The van der Waals surface area contributed by atoms with E-state index in [0.717, 1.165) is 26.2 Å². The summed E-state index contributed by atoms with van der Waals surface area (Å²) < 4.78 is 1.27. The Morgan fingerprint density at radius 2 is 2.21 bits per heavy atom. The predicted molar refractivity (Wildman–Crippen MR) is 82.2 cm³/mol. The third-order valence-corrected chi connectivity index (χ3v) is 5.33. The molecule has 2 N–H and O–H groups in total. The molecule has 1 heterocycles. The van der Waals surface area contributed by atoms with Crippen LogP contribution in [0.4, 0.5) is 0 Å². The van der Waals surface area contributed by atoms with Crippen molar-refractivity contribution in [2.75, 3.05) is 33.2 Å². The highest BCUT2D eigenvalue weighted by atomic mass is 79.9. The van der Waals surface area contributed by atoms with E-state index in [-0.39, 0.29) is 0 Å². The standard InChI is InChI=1S/C15H22BrN3/c1-18-7-8-19(11(9-17)10-18)15-6-5-12-13(15)3-2-4-14(12)16/h2-4,11,15H,5-10,17H2,1H3. The lowest BCUT2D eigenvalue weighted by Crippen LogP contribution is -2.55. The Morgan fingerprint density at radius 1 is 1.37 bits per heavy atom. The van der Waals surface area contributed by atoms with Gasteiger partial charge in [0, 0.05) is 42.7 Å². The summed E-state index contributed by atoms with van der Waals surface area (Å²) >= 11 is 3.69. The topological polar surface area (TPSA) is 32.5 Å². The summed E-state index contributed by atoms with van der Waals surface area (Å²) in [5, 5.41) is 0. The fourth-order valence-electron chi connectivity index (χ4n) is 3.58. The number of fused-ring (bicyclic) bond motifs is 1. The molecule has 2 atom stereocenters. The van der Waals surface area contributed by atoms with Crippen LogP contribution in [0.25, 0.3) is 0 Å². The van der Waals surface area contributed by atoms with Gasteiger partial charge in [-0.25, -0.2) is 0 Å². The molecule has 19 heavy (non-hydrogen) atoms. The molecule has 0 radical (unpaired) electrons. The van der Waals surface area contributed by atoms with Gasteiger partial charge in [-0.05, 0) is 37.1 Å². The first kappa shape index (κ1) is 13.6. The van der Waals surface area contributed by atoms with Gasteiger partial charge >= 0.3 is 0 Å². The average Bonchev–Trinajstić information content (AvgIpc) is 2.84. The number of nitrogens with zero attached hydrogens (tertiary/aromatic N) is 2. The molecule has 3 nitrogen and oxygen atoms in total. The van der Waals surface area contributed by atoms with Gasteiger partial charge in [-0.2, -0.15) is 0 Å². The zero-order chi connectivity index (χ0) is 13.4. The molecule has 0 spiro atoms. The first-order chi connectivity index (χ1) is 9.20. The second-order valence-electron chi connectivity index (χ2n) is 5.75. The summed E-state index contributed by atoms with van der Waals surface area (Å²) in [5.41, 5.74) is 9.01. The van der Waals surface area contributed by atoms with E-state index >= 15 is 0 Å². The Morgan fingerprint density at radius 3 is 3.00 bits per heavy atom. The summed E-state index contributed by atoms with van der Waals surface area (Å²) in [6.07, 6.45) is 2.42. The van der Waals surface area contributed by atoms with Crippen LogP contribution in [-0.4, -0.2) is 49.1 Å². The van der Waals surface area contributed by atoms with Crippen molar-refractivity contribution >= 4 is 15.9 Å². The van der Waals surface area contributed by atoms with Gasteiger partial charge in [0.2, 0.25) is 0 Å². The van der Waals surface area contributed by atoms with Gasteiger partial charge in [-0.3, -0.25) is 4.90 Å². The Hall–Kier alpha value is -0.420. The second-order valence-corrected chi connectivity index (χ2v) is 6.61. The fraction of sp³-hybridized carbons (Fsp3) is 0.600. The van der Waals surface area contributed by atoms with E-state index in [1.165, 1.54) is 28.4 Å². The maximum absolute atomic E-state index is 6.00. The van der Waals surface area contributed by atoms with Crippen molar-refractivity contribution < 1.29 is 0 Å². The molecule has 1 fully saturated rings. The SMILES string of the molecule is CN1CCN(C2CCc3c(Br)cccc32)C(CN)C1. The fourth-order valence-corrected chi connectivity index (χ4v) is 4.16. The van der Waals surface area contributed by atoms with Gasteiger partial charge in [0.15, 0.2) is 0 Å². The van der Waals surface area contributed by atoms with Gasteiger partial charge in [0.25, 0.3) is 0 Å². The van der Waals surface area contributed by atoms with E-state index in [9.17, 15) is 0 Å². The molecule has 1 aromatic carbocycles. The highest BCUT2D eigenvalue weighted by Crippen LogP contribution is 2.40. The number of piperazine rings is 1. The molecule has 1 saturated heterocycles. The summed E-state index contributed by atoms with van der Waals surface area (Å²) in [7, 11) is 2.19. The van der Waals surface area contributed by atoms with Gasteiger partial charge in [-0.1, -0.05) is 28.1 Å². The third-order valence-electron chi connectivity index (χ3n) is 4.59. The number of nitrogens with two attached hydrogens (primary N) is 1. The number of benzene rings is 1. The molecule has 2 aliphatic rings. The number of hydrogen-bond donors (Lipinski definition) is 1. The largest absolute Gasteiger partial charge is 0.329 e. The van der Waals surface area contributed by atoms with Crippen molar-refractivity contribution in [3.05, 3.63) is 33.8 Å². The zero-order valence-electron chi connectivity index (χ0n) is 11.5. The van der Waals surface area contributed by atoms with Gasteiger partial charge in [-0.15, -0.1) is 0 Å². The number of likely N-dealkylation sites (N-methyl/N-ethyl adjacent to an activating group) is 1. The van der Waals surface area contributed by atoms with Crippen LogP contribution in [-0.2, 0) is 6.42 Å². The molecular weight excluding hydrogens is 302 g/mol. The van der Waals surface area contributed by atoms with E-state index in [1.54, 1.807) is 0 Å². The van der Waals surface area contributed by atoms with Crippen molar-refractivity contribution in [3.63, 3.8) is 0 Å². The Balaban J connectivity index is 1.86. The van der Waals surface area contributed by atoms with E-state index in [2.05, 4.69) is 51.0 Å². The maximum Gasteiger partial charge on any atom is 0.0358 e. The highest BCUT2D eigenvalue weighted by Gasteiger charge is 2.34. The quantitative estimate of drug-likeness (QED) is 0.903. The molecule has 0 bridgehead atoms. The molecule has 2 unspecified atom stereocenters. The Kier molecular flexibility index (Phi) is 3.94. The van der Waals surface area contributed by atoms with Crippen molar-refractivity contribution in [3.8, 4) is 0 Å².